The van der Waals surface area contributed by atoms with Gasteiger partial charge in [-0.25, -0.2) is 0 Å². The highest BCUT2D eigenvalue weighted by atomic mass is 16.2. The number of carbonyl (C=O) groups excluding carboxylic acids is 1. The van der Waals surface area contributed by atoms with Gasteiger partial charge in [0.2, 0.25) is 5.91 Å². The second-order valence-electron chi connectivity index (χ2n) is 6.74. The fraction of sp³-hybridized carbons (Fsp3) is 0.350. The molecule has 2 aromatic carbocycles. The van der Waals surface area contributed by atoms with Crippen molar-refractivity contribution in [2.75, 3.05) is 11.9 Å². The van der Waals surface area contributed by atoms with Crippen LogP contribution in [0.1, 0.15) is 30.4 Å². The Hall–Kier alpha value is -2.13. The Labute approximate surface area is 137 Å². The van der Waals surface area contributed by atoms with Gasteiger partial charge in [0, 0.05) is 18.3 Å². The summed E-state index contributed by atoms with van der Waals surface area (Å²) in [6.45, 7) is 0.756. The van der Waals surface area contributed by atoms with Crippen LogP contribution in [0, 0.1) is 0 Å². The van der Waals surface area contributed by atoms with Gasteiger partial charge in [0.25, 0.3) is 0 Å². The lowest BCUT2D eigenvalue weighted by Gasteiger charge is -2.20. The molecule has 0 unspecified atom stereocenters. The van der Waals surface area contributed by atoms with E-state index in [0.29, 0.717) is 6.04 Å². The first-order valence-corrected chi connectivity index (χ1v) is 8.46. The van der Waals surface area contributed by atoms with E-state index < -0.39 is 0 Å². The molecule has 4 rings (SSSR count). The van der Waals surface area contributed by atoms with Crippen LogP contribution < -0.4 is 10.6 Å². The summed E-state index contributed by atoms with van der Waals surface area (Å²) in [6.07, 6.45) is 4.28. The molecule has 2 N–H and O–H groups in total. The van der Waals surface area contributed by atoms with E-state index in [4.69, 9.17) is 0 Å². The molecule has 118 valence electrons. The van der Waals surface area contributed by atoms with Crippen molar-refractivity contribution < 1.29 is 4.79 Å². The van der Waals surface area contributed by atoms with Gasteiger partial charge in [0.15, 0.2) is 0 Å². The summed E-state index contributed by atoms with van der Waals surface area (Å²) in [4.78, 5) is 12.5. The summed E-state index contributed by atoms with van der Waals surface area (Å²) in [6, 6.07) is 19.2. The number of anilines is 1. The van der Waals surface area contributed by atoms with Crippen LogP contribution in [0.5, 0.6) is 0 Å². The minimum absolute atomic E-state index is 0.164. The van der Waals surface area contributed by atoms with Gasteiger partial charge in [-0.15, -0.1) is 0 Å². The third-order valence-corrected chi connectivity index (χ3v) is 5.27. The number of fused-ring (bicyclic) bond motifs is 2. The minimum Gasteiger partial charge on any atom is -0.325 e. The fourth-order valence-electron chi connectivity index (χ4n) is 4.04. The summed E-state index contributed by atoms with van der Waals surface area (Å²) in [5.74, 6) is 0.164. The molecule has 2 aromatic rings. The van der Waals surface area contributed by atoms with E-state index in [0.717, 1.165) is 37.9 Å². The first-order chi connectivity index (χ1) is 11.3. The number of hydrogen-bond donors (Lipinski definition) is 2. The maximum absolute atomic E-state index is 12.5. The zero-order valence-corrected chi connectivity index (χ0v) is 13.2. The minimum atomic E-state index is -0.353. The molecule has 2 aliphatic heterocycles. The van der Waals surface area contributed by atoms with Crippen molar-refractivity contribution in [3.8, 4) is 0 Å². The van der Waals surface area contributed by atoms with Gasteiger partial charge >= 0.3 is 0 Å². The first kappa shape index (κ1) is 14.5. The van der Waals surface area contributed by atoms with Crippen LogP contribution in [-0.2, 0) is 16.6 Å². The average Bonchev–Trinajstić information content (AvgIpc) is 3.12. The number of amides is 1. The lowest BCUT2D eigenvalue weighted by atomic mass is 9.79. The molecule has 0 aliphatic carbocycles. The Morgan fingerprint density at radius 2 is 1.83 bits per heavy atom. The summed E-state index contributed by atoms with van der Waals surface area (Å²) in [7, 11) is 0. The van der Waals surface area contributed by atoms with Crippen LogP contribution in [0.25, 0.3) is 0 Å². The van der Waals surface area contributed by atoms with Gasteiger partial charge in [-0.3, -0.25) is 4.79 Å². The Bertz CT molecular complexity index is 713. The Kier molecular flexibility index (Phi) is 3.66. The number of para-hydroxylation sites is 1. The molecular formula is C20H22N2O. The van der Waals surface area contributed by atoms with Crippen LogP contribution >= 0.6 is 0 Å². The highest BCUT2D eigenvalue weighted by Crippen LogP contribution is 2.43. The number of benzene rings is 2. The smallest absolute Gasteiger partial charge is 0.236 e. The molecule has 2 heterocycles. The molecule has 3 nitrogen and oxygen atoms in total. The average molecular weight is 306 g/mol. The normalized spacial score (nSPS) is 25.6. The number of carbonyl (C=O) groups is 1. The fourth-order valence-corrected chi connectivity index (χ4v) is 4.04. The third kappa shape index (κ3) is 2.55. The maximum atomic E-state index is 12.5. The van der Waals surface area contributed by atoms with Crippen LogP contribution in [0.3, 0.4) is 0 Å². The lowest BCUT2D eigenvalue weighted by molar-refractivity contribution is -0.120. The number of aryl methyl sites for hydroxylation is 1. The van der Waals surface area contributed by atoms with Crippen LogP contribution in [0.2, 0.25) is 0 Å². The first-order valence-electron chi connectivity index (χ1n) is 8.46. The van der Waals surface area contributed by atoms with Gasteiger partial charge < -0.3 is 10.6 Å². The largest absolute Gasteiger partial charge is 0.325 e. The van der Waals surface area contributed by atoms with Gasteiger partial charge in [-0.05, 0) is 42.9 Å². The van der Waals surface area contributed by atoms with Crippen LogP contribution in [-0.4, -0.2) is 18.5 Å². The summed E-state index contributed by atoms with van der Waals surface area (Å²) < 4.78 is 0. The van der Waals surface area contributed by atoms with Gasteiger partial charge in [0.1, 0.15) is 0 Å². The predicted molar refractivity (Wildman–Crippen MR) is 92.5 cm³/mol. The van der Waals surface area contributed by atoms with Crippen LogP contribution in [0.4, 0.5) is 5.69 Å². The van der Waals surface area contributed by atoms with E-state index in [-0.39, 0.29) is 11.3 Å². The number of rotatable bonds is 4. The highest BCUT2D eigenvalue weighted by Gasteiger charge is 2.51. The van der Waals surface area contributed by atoms with E-state index in [1.165, 1.54) is 11.1 Å². The summed E-state index contributed by atoms with van der Waals surface area (Å²) >= 11 is 0. The van der Waals surface area contributed by atoms with E-state index in [2.05, 4.69) is 47.0 Å². The highest BCUT2D eigenvalue weighted by molar-refractivity contribution is 6.06. The van der Waals surface area contributed by atoms with Crippen LogP contribution in [0.15, 0.2) is 54.6 Å². The molecule has 2 atom stereocenters. The molecule has 23 heavy (non-hydrogen) atoms. The molecule has 1 saturated heterocycles. The van der Waals surface area contributed by atoms with Gasteiger partial charge in [-0.1, -0.05) is 48.5 Å². The van der Waals surface area contributed by atoms with E-state index in [9.17, 15) is 4.79 Å². The van der Waals surface area contributed by atoms with Gasteiger partial charge in [-0.2, -0.15) is 0 Å². The maximum Gasteiger partial charge on any atom is 0.236 e. The zero-order valence-electron chi connectivity index (χ0n) is 13.2. The number of nitrogens with one attached hydrogen (secondary N) is 2. The zero-order chi connectivity index (χ0) is 15.7. The van der Waals surface area contributed by atoms with E-state index >= 15 is 0 Å². The standard InChI is InChI=1S/C20H22N2O/c23-19-20(17-11-4-5-12-18(17)22-19)13-16(21-14-20)10-6-9-15-7-2-1-3-8-15/h1-5,7-8,11-12,16,21H,6,9-10,13-14H2,(H,22,23)/t16-,20+/m0/s1. The SMILES string of the molecule is O=C1Nc2ccccc2[C@@]12CN[C@@H](CCCc1ccccc1)C2. The molecule has 3 heteroatoms. The molecular weight excluding hydrogens is 284 g/mol. The van der Waals surface area contributed by atoms with Crippen molar-refractivity contribution in [2.45, 2.75) is 37.1 Å². The Morgan fingerprint density at radius 3 is 2.70 bits per heavy atom. The predicted octanol–water partition coefficient (Wildman–Crippen LogP) is 3.26. The van der Waals surface area contributed by atoms with E-state index in [1.54, 1.807) is 0 Å². The molecule has 0 radical (unpaired) electrons. The molecule has 2 aliphatic rings. The van der Waals surface area contributed by atoms with Crippen molar-refractivity contribution in [1.29, 1.82) is 0 Å². The lowest BCUT2D eigenvalue weighted by Crippen LogP contribution is -2.36. The number of hydrogen-bond acceptors (Lipinski definition) is 2. The summed E-state index contributed by atoms with van der Waals surface area (Å²) in [5.41, 5.74) is 3.20. The molecule has 0 bridgehead atoms. The van der Waals surface area contributed by atoms with Gasteiger partial charge in [0.05, 0.1) is 5.41 Å². The molecule has 1 spiro atoms. The molecule has 0 saturated carbocycles. The Morgan fingerprint density at radius 1 is 1.04 bits per heavy atom. The topological polar surface area (TPSA) is 41.1 Å². The molecule has 0 aromatic heterocycles. The molecule has 1 amide bonds. The van der Waals surface area contributed by atoms with Crippen molar-refractivity contribution in [1.82, 2.24) is 5.32 Å². The van der Waals surface area contributed by atoms with Crippen molar-refractivity contribution >= 4 is 11.6 Å². The van der Waals surface area contributed by atoms with Crippen molar-refractivity contribution in [3.63, 3.8) is 0 Å². The molecule has 1 fully saturated rings. The third-order valence-electron chi connectivity index (χ3n) is 5.27. The van der Waals surface area contributed by atoms with Crippen molar-refractivity contribution in [3.05, 3.63) is 65.7 Å². The second kappa shape index (κ2) is 5.82. The quantitative estimate of drug-likeness (QED) is 0.910. The summed E-state index contributed by atoms with van der Waals surface area (Å²) in [5, 5.41) is 6.64. The van der Waals surface area contributed by atoms with Crippen molar-refractivity contribution in [2.24, 2.45) is 0 Å². The van der Waals surface area contributed by atoms with E-state index in [1.807, 2.05) is 18.2 Å². The monoisotopic (exact) mass is 306 g/mol. The second-order valence-corrected chi connectivity index (χ2v) is 6.74. The Balaban J connectivity index is 1.40.